The Bertz CT molecular complexity index is 1560. The minimum Gasteiger partial charge on any atom is -0.508 e. The largest absolute Gasteiger partial charge is 0.508 e. The van der Waals surface area contributed by atoms with E-state index in [9.17, 15) is 34.2 Å². The summed E-state index contributed by atoms with van der Waals surface area (Å²) in [6.45, 7) is 14.8. The number of benzene rings is 2. The molecule has 2 rings (SSSR count). The van der Waals surface area contributed by atoms with E-state index in [-0.39, 0.29) is 30.9 Å². The fourth-order valence-electron chi connectivity index (χ4n) is 5.15. The Labute approximate surface area is 304 Å². The summed E-state index contributed by atoms with van der Waals surface area (Å²) in [5.41, 5.74) is 1.97. The molecule has 6 N–H and O–H groups in total. The van der Waals surface area contributed by atoms with Gasteiger partial charge in [-0.05, 0) is 80.2 Å². The van der Waals surface area contributed by atoms with Gasteiger partial charge in [-0.15, -0.1) is 13.2 Å². The van der Waals surface area contributed by atoms with Gasteiger partial charge in [-0.3, -0.25) is 24.1 Å². The third-order valence-electron chi connectivity index (χ3n) is 7.85. The molecule has 14 heteroatoms. The molecule has 274 valence electrons. The summed E-state index contributed by atoms with van der Waals surface area (Å²) in [6, 6.07) is 7.88. The van der Waals surface area contributed by atoms with Crippen LogP contribution in [0.1, 0.15) is 45.2 Å². The second kappa shape index (κ2) is 21.1. The normalized spacial score (nSPS) is 13.8. The molecule has 3 unspecified atom stereocenters. The number of aliphatic imine (C=N–C) groups is 1. The predicted octanol–water partition coefficient (Wildman–Crippen LogP) is 3.06. The zero-order chi connectivity index (χ0) is 38.1. The Morgan fingerprint density at radius 3 is 1.76 bits per heavy atom. The molecule has 4 amide bonds. The second-order valence-electron chi connectivity index (χ2n) is 12.5. The molecule has 2 aromatic carbocycles. The zero-order valence-corrected chi connectivity index (χ0v) is 30.2. The molecule has 0 heterocycles. The van der Waals surface area contributed by atoms with Crippen molar-refractivity contribution in [3.05, 3.63) is 85.0 Å². The monoisotopic (exact) mass is 720 g/mol. The van der Waals surface area contributed by atoms with Crippen LogP contribution in [0.4, 0.5) is 5.69 Å². The van der Waals surface area contributed by atoms with E-state index in [1.807, 2.05) is 18.7 Å². The van der Waals surface area contributed by atoms with Crippen LogP contribution in [0.3, 0.4) is 0 Å². The fourth-order valence-corrected chi connectivity index (χ4v) is 5.25. The molecular formula is C37H48N6O7S. The lowest BCUT2D eigenvalue weighted by Crippen LogP contribution is -2.58. The average molecular weight is 721 g/mol. The first-order chi connectivity index (χ1) is 24.2. The van der Waals surface area contributed by atoms with Crippen LogP contribution in [0.2, 0.25) is 0 Å². The van der Waals surface area contributed by atoms with Gasteiger partial charge in [-0.1, -0.05) is 50.3 Å². The molecule has 13 nitrogen and oxygen atoms in total. The number of carboxylic acids is 1. The summed E-state index contributed by atoms with van der Waals surface area (Å²) in [7, 11) is 0. The lowest BCUT2D eigenvalue weighted by Gasteiger charge is -2.30. The Hall–Kier alpha value is -5.17. The number of amides is 4. The van der Waals surface area contributed by atoms with Crippen LogP contribution in [-0.2, 0) is 36.8 Å². The molecule has 0 aliphatic rings. The summed E-state index contributed by atoms with van der Waals surface area (Å²) in [6.07, 6.45) is 3.77. The Kier molecular flexibility index (Phi) is 17.4. The van der Waals surface area contributed by atoms with Crippen molar-refractivity contribution in [3.63, 3.8) is 0 Å². The van der Waals surface area contributed by atoms with Crippen molar-refractivity contribution in [2.24, 2.45) is 10.9 Å². The van der Waals surface area contributed by atoms with Gasteiger partial charge in [0.1, 0.15) is 29.9 Å². The number of carbonyl (C=O) groups is 5. The minimum atomic E-state index is -1.21. The third kappa shape index (κ3) is 14.3. The molecule has 2 aromatic rings. The van der Waals surface area contributed by atoms with Crippen LogP contribution >= 0.6 is 12.2 Å². The van der Waals surface area contributed by atoms with Crippen molar-refractivity contribution in [3.8, 4) is 5.75 Å². The van der Waals surface area contributed by atoms with E-state index in [0.717, 1.165) is 5.56 Å². The first-order valence-corrected chi connectivity index (χ1v) is 16.9. The van der Waals surface area contributed by atoms with Crippen LogP contribution in [0.15, 0.2) is 78.8 Å². The Balaban J connectivity index is 2.19. The highest BCUT2D eigenvalue weighted by molar-refractivity contribution is 7.78. The third-order valence-corrected chi connectivity index (χ3v) is 7.94. The van der Waals surface area contributed by atoms with E-state index < -0.39 is 59.8 Å². The zero-order valence-electron chi connectivity index (χ0n) is 29.4. The van der Waals surface area contributed by atoms with Gasteiger partial charge < -0.3 is 31.5 Å². The van der Waals surface area contributed by atoms with Crippen molar-refractivity contribution in [2.75, 3.05) is 13.1 Å². The predicted molar refractivity (Wildman–Crippen MR) is 199 cm³/mol. The molecule has 0 saturated heterocycles. The summed E-state index contributed by atoms with van der Waals surface area (Å²) >= 11 is 4.64. The van der Waals surface area contributed by atoms with Crippen molar-refractivity contribution in [1.29, 1.82) is 0 Å². The fraction of sp³-hybridized carbons (Fsp3) is 0.405. The number of rotatable bonds is 21. The molecule has 5 atom stereocenters. The Morgan fingerprint density at radius 1 is 0.765 bits per heavy atom. The van der Waals surface area contributed by atoms with Gasteiger partial charge in [-0.25, -0.2) is 4.79 Å². The van der Waals surface area contributed by atoms with E-state index in [0.29, 0.717) is 24.3 Å². The first kappa shape index (κ1) is 42.0. The number of phenolic OH excluding ortho intramolecular Hbond substituents is 1. The number of aliphatic carboxylic acids is 1. The van der Waals surface area contributed by atoms with Crippen LogP contribution in [-0.4, -0.2) is 93.2 Å². The molecule has 0 fully saturated rings. The summed E-state index contributed by atoms with van der Waals surface area (Å²) < 4.78 is 0. The molecular weight excluding hydrogens is 673 g/mol. The summed E-state index contributed by atoms with van der Waals surface area (Å²) in [4.78, 5) is 71.1. The van der Waals surface area contributed by atoms with Crippen molar-refractivity contribution < 1.29 is 34.2 Å². The molecule has 0 radical (unpaired) electrons. The standard InChI is InChI=1S/C37H48N6O7S/c1-7-17-43(18-8-2)32(21-27-11-15-29(44)16-12-27)36(48)40-24(5)33(45)39-25(6)34(46)41-30(20-26-9-13-28(14-10-26)38-22-51)35(47)42-31(37(49)50)19-23(3)4/h7-16,23-25,30-32,44H,1-2,17-21H2,3-6H3,(H,39,45)(H,40,48)(H,41,46)(H,42,47)(H,49,50)/t24?,25?,30-,31-,32?/m0/s1. The van der Waals surface area contributed by atoms with E-state index in [4.69, 9.17) is 0 Å². The van der Waals surface area contributed by atoms with Gasteiger partial charge in [0.25, 0.3) is 0 Å². The van der Waals surface area contributed by atoms with Gasteiger partial charge in [0.2, 0.25) is 23.6 Å². The van der Waals surface area contributed by atoms with Crippen LogP contribution in [0.25, 0.3) is 0 Å². The lowest BCUT2D eigenvalue weighted by atomic mass is 10.0. The highest BCUT2D eigenvalue weighted by Crippen LogP contribution is 2.16. The van der Waals surface area contributed by atoms with Gasteiger partial charge in [0, 0.05) is 19.5 Å². The molecule has 0 aromatic heterocycles. The molecule has 0 bridgehead atoms. The topological polar surface area (TPSA) is 190 Å². The number of nitrogens with one attached hydrogen (secondary N) is 4. The van der Waals surface area contributed by atoms with Gasteiger partial charge in [-0.2, -0.15) is 4.99 Å². The first-order valence-electron chi connectivity index (χ1n) is 16.5. The average Bonchev–Trinajstić information content (AvgIpc) is 3.07. The number of hydrogen-bond acceptors (Lipinski definition) is 9. The van der Waals surface area contributed by atoms with Crippen LogP contribution in [0, 0.1) is 5.92 Å². The van der Waals surface area contributed by atoms with E-state index in [1.54, 1.807) is 48.6 Å². The number of carboxylic acid groups (broad SMARTS) is 1. The maximum absolute atomic E-state index is 13.6. The van der Waals surface area contributed by atoms with Crippen molar-refractivity contribution in [2.45, 2.75) is 77.2 Å². The summed E-state index contributed by atoms with van der Waals surface area (Å²) in [5, 5.41) is 32.1. The van der Waals surface area contributed by atoms with Gasteiger partial charge in [0.05, 0.1) is 16.9 Å². The van der Waals surface area contributed by atoms with E-state index in [1.165, 1.54) is 26.0 Å². The number of nitrogens with zero attached hydrogens (tertiary/aromatic N) is 2. The number of phenols is 1. The second-order valence-corrected chi connectivity index (χ2v) is 12.7. The number of hydrogen-bond donors (Lipinski definition) is 6. The molecule has 0 saturated carbocycles. The smallest absolute Gasteiger partial charge is 0.326 e. The Morgan fingerprint density at radius 2 is 1.25 bits per heavy atom. The molecule has 0 aliphatic carbocycles. The van der Waals surface area contributed by atoms with E-state index >= 15 is 0 Å². The van der Waals surface area contributed by atoms with Crippen LogP contribution < -0.4 is 21.3 Å². The number of isothiocyanates is 1. The number of carbonyl (C=O) groups excluding carboxylic acids is 4. The van der Waals surface area contributed by atoms with Crippen molar-refractivity contribution in [1.82, 2.24) is 26.2 Å². The van der Waals surface area contributed by atoms with E-state index in [2.05, 4.69) is 56.8 Å². The molecule has 0 spiro atoms. The quantitative estimate of drug-likeness (QED) is 0.0640. The highest BCUT2D eigenvalue weighted by Gasteiger charge is 2.31. The number of aromatic hydroxyl groups is 1. The maximum atomic E-state index is 13.6. The lowest BCUT2D eigenvalue weighted by molar-refractivity contribution is -0.142. The SMILES string of the molecule is C=CCN(CC=C)C(Cc1ccc(O)cc1)C(=O)NC(C)C(=O)NC(C)C(=O)N[C@@H](Cc1ccc(N=C=S)cc1)C(=O)N[C@@H](CC(C)C)C(=O)O. The number of thiocarbonyl (C=S) groups is 1. The molecule has 51 heavy (non-hydrogen) atoms. The van der Waals surface area contributed by atoms with Gasteiger partial charge in [0.15, 0.2) is 0 Å². The minimum absolute atomic E-state index is 0.00857. The maximum Gasteiger partial charge on any atom is 0.326 e. The highest BCUT2D eigenvalue weighted by atomic mass is 32.1. The van der Waals surface area contributed by atoms with Crippen molar-refractivity contribution >= 4 is 52.7 Å². The summed E-state index contributed by atoms with van der Waals surface area (Å²) in [5.74, 6) is -3.64. The molecule has 0 aliphatic heterocycles. The van der Waals surface area contributed by atoms with Crippen LogP contribution in [0.5, 0.6) is 5.75 Å². The van der Waals surface area contributed by atoms with Gasteiger partial charge >= 0.3 is 5.97 Å².